The fourth-order valence-corrected chi connectivity index (χ4v) is 3.92. The lowest BCUT2D eigenvalue weighted by Crippen LogP contribution is -2.25. The Morgan fingerprint density at radius 1 is 1.00 bits per heavy atom. The van der Waals surface area contributed by atoms with Gasteiger partial charge in [0, 0.05) is 12.2 Å². The van der Waals surface area contributed by atoms with Crippen LogP contribution in [-0.4, -0.2) is 20.1 Å². The average Bonchev–Trinajstić information content (AvgIpc) is 2.76. The zero-order chi connectivity index (χ0) is 22.2. The average molecular weight is 411 g/mol. The molecule has 2 heteroatoms. The zero-order valence-corrected chi connectivity index (χ0v) is 20.4. The first-order valence-electron chi connectivity index (χ1n) is 12.0. The van der Waals surface area contributed by atoms with Crippen molar-refractivity contribution < 1.29 is 0 Å². The van der Waals surface area contributed by atoms with E-state index in [1.54, 1.807) is 0 Å². The molecule has 0 fully saturated rings. The van der Waals surface area contributed by atoms with E-state index in [2.05, 4.69) is 63.5 Å². The molecule has 2 nitrogen and oxygen atoms in total. The maximum Gasteiger partial charge on any atom is 0.0373 e. The minimum absolute atomic E-state index is 0.294. The molecule has 0 amide bonds. The Morgan fingerprint density at radius 3 is 2.13 bits per heavy atom. The van der Waals surface area contributed by atoms with E-state index in [0.29, 0.717) is 5.41 Å². The van der Waals surface area contributed by atoms with Crippen molar-refractivity contribution in [1.29, 1.82) is 0 Å². The second kappa shape index (κ2) is 15.1. The standard InChI is InChI=1S/C19H32N2.C6H6.C3H8/c1-5-10-19(2,3)17-8-9-18-16(13-17)12-15(14-21-18)7-6-11-20-4;1-2-4-6-5-3-1;1-3-2/h8-9,13,15,20-21H,5-7,10-12,14H2,1-4H3;1-6H;3H2,1-2H3. The van der Waals surface area contributed by atoms with E-state index in [4.69, 9.17) is 0 Å². The Hall–Kier alpha value is -1.80. The van der Waals surface area contributed by atoms with Crippen molar-refractivity contribution in [1.82, 2.24) is 5.32 Å². The second-order valence-corrected chi connectivity index (χ2v) is 9.06. The minimum Gasteiger partial charge on any atom is -0.385 e. The Bertz CT molecular complexity index is 637. The van der Waals surface area contributed by atoms with E-state index < -0.39 is 0 Å². The largest absolute Gasteiger partial charge is 0.385 e. The minimum atomic E-state index is 0.294. The molecule has 0 spiro atoms. The summed E-state index contributed by atoms with van der Waals surface area (Å²) >= 11 is 0. The molecular weight excluding hydrogens is 364 g/mol. The van der Waals surface area contributed by atoms with Gasteiger partial charge in [-0.1, -0.05) is 96.0 Å². The third-order valence-corrected chi connectivity index (χ3v) is 5.56. The van der Waals surface area contributed by atoms with Crippen LogP contribution < -0.4 is 10.6 Å². The molecule has 3 rings (SSSR count). The number of anilines is 1. The van der Waals surface area contributed by atoms with E-state index in [1.165, 1.54) is 55.3 Å². The quantitative estimate of drug-likeness (QED) is 0.463. The predicted molar refractivity (Wildman–Crippen MR) is 136 cm³/mol. The van der Waals surface area contributed by atoms with Crippen LogP contribution in [-0.2, 0) is 11.8 Å². The second-order valence-electron chi connectivity index (χ2n) is 9.06. The van der Waals surface area contributed by atoms with Gasteiger partial charge in [0.1, 0.15) is 0 Å². The molecular formula is C28H46N2. The summed E-state index contributed by atoms with van der Waals surface area (Å²) < 4.78 is 0. The summed E-state index contributed by atoms with van der Waals surface area (Å²) in [5, 5.41) is 6.88. The summed E-state index contributed by atoms with van der Waals surface area (Å²) in [6.45, 7) is 13.5. The van der Waals surface area contributed by atoms with Crippen molar-refractivity contribution in [3.63, 3.8) is 0 Å². The van der Waals surface area contributed by atoms with Gasteiger partial charge in [0.2, 0.25) is 0 Å². The van der Waals surface area contributed by atoms with Crippen molar-refractivity contribution in [2.75, 3.05) is 25.5 Å². The molecule has 168 valence electrons. The van der Waals surface area contributed by atoms with Crippen LogP contribution in [0.25, 0.3) is 0 Å². The molecule has 1 unspecified atom stereocenters. The first kappa shape index (κ1) is 26.2. The lowest BCUT2D eigenvalue weighted by molar-refractivity contribution is 0.462. The molecule has 0 bridgehead atoms. The number of fused-ring (bicyclic) bond motifs is 1. The summed E-state index contributed by atoms with van der Waals surface area (Å²) in [5.74, 6) is 0.787. The molecule has 1 heterocycles. The van der Waals surface area contributed by atoms with Crippen LogP contribution in [0.1, 0.15) is 77.8 Å². The van der Waals surface area contributed by atoms with Gasteiger partial charge in [0.15, 0.2) is 0 Å². The summed E-state index contributed by atoms with van der Waals surface area (Å²) in [7, 11) is 2.04. The molecule has 2 aromatic rings. The Balaban J connectivity index is 0.000000415. The summed E-state index contributed by atoms with van der Waals surface area (Å²) in [6.07, 6.45) is 7.58. The van der Waals surface area contributed by atoms with E-state index in [1.807, 2.05) is 43.4 Å². The number of rotatable bonds is 7. The van der Waals surface area contributed by atoms with Crippen molar-refractivity contribution >= 4 is 5.69 Å². The zero-order valence-electron chi connectivity index (χ0n) is 20.4. The van der Waals surface area contributed by atoms with Gasteiger partial charge in [-0.25, -0.2) is 0 Å². The molecule has 1 aliphatic rings. The topological polar surface area (TPSA) is 24.1 Å². The van der Waals surface area contributed by atoms with Crippen molar-refractivity contribution in [3.8, 4) is 0 Å². The SMILES string of the molecule is CCC.CCCC(C)(C)c1ccc2c(c1)CC(CCCNC)CN2.c1ccccc1. The van der Waals surface area contributed by atoms with Crippen molar-refractivity contribution in [2.24, 2.45) is 5.92 Å². The summed E-state index contributed by atoms with van der Waals surface area (Å²) in [4.78, 5) is 0. The van der Waals surface area contributed by atoms with Gasteiger partial charge >= 0.3 is 0 Å². The number of benzene rings is 2. The maximum absolute atomic E-state index is 3.63. The number of hydrogen-bond donors (Lipinski definition) is 2. The van der Waals surface area contributed by atoms with E-state index in [-0.39, 0.29) is 0 Å². The smallest absolute Gasteiger partial charge is 0.0373 e. The van der Waals surface area contributed by atoms with E-state index in [0.717, 1.165) is 19.0 Å². The number of nitrogens with one attached hydrogen (secondary N) is 2. The van der Waals surface area contributed by atoms with E-state index in [9.17, 15) is 0 Å². The molecule has 0 radical (unpaired) electrons. The first-order chi connectivity index (χ1) is 14.5. The molecule has 30 heavy (non-hydrogen) atoms. The third-order valence-electron chi connectivity index (χ3n) is 5.56. The van der Waals surface area contributed by atoms with Crippen LogP contribution >= 0.6 is 0 Å². The van der Waals surface area contributed by atoms with Crippen LogP contribution in [0.4, 0.5) is 5.69 Å². The van der Waals surface area contributed by atoms with Gasteiger partial charge in [0.05, 0.1) is 0 Å². The molecule has 1 atom stereocenters. The Labute approximate surface area is 186 Å². The molecule has 0 aliphatic carbocycles. The number of hydrogen-bond acceptors (Lipinski definition) is 2. The van der Waals surface area contributed by atoms with E-state index >= 15 is 0 Å². The normalized spacial score (nSPS) is 14.9. The van der Waals surface area contributed by atoms with Crippen LogP contribution in [0.3, 0.4) is 0 Å². The first-order valence-corrected chi connectivity index (χ1v) is 12.0. The molecule has 2 aromatic carbocycles. The van der Waals surface area contributed by atoms with Crippen LogP contribution in [0.2, 0.25) is 0 Å². The fourth-order valence-electron chi connectivity index (χ4n) is 3.92. The Morgan fingerprint density at radius 2 is 1.60 bits per heavy atom. The highest BCUT2D eigenvalue weighted by Crippen LogP contribution is 2.34. The Kier molecular flexibility index (Phi) is 13.2. The molecule has 0 saturated heterocycles. The lowest BCUT2D eigenvalue weighted by Gasteiger charge is -2.30. The highest BCUT2D eigenvalue weighted by Gasteiger charge is 2.23. The van der Waals surface area contributed by atoms with Gasteiger partial charge in [0.25, 0.3) is 0 Å². The van der Waals surface area contributed by atoms with Crippen molar-refractivity contribution in [3.05, 3.63) is 65.7 Å². The van der Waals surface area contributed by atoms with Gasteiger partial charge in [-0.15, -0.1) is 0 Å². The van der Waals surface area contributed by atoms with Gasteiger partial charge in [-0.05, 0) is 67.8 Å². The predicted octanol–water partition coefficient (Wildman–Crippen LogP) is 7.45. The highest BCUT2D eigenvalue weighted by atomic mass is 14.9. The molecule has 2 N–H and O–H groups in total. The third kappa shape index (κ3) is 9.80. The lowest BCUT2D eigenvalue weighted by atomic mass is 9.78. The maximum atomic E-state index is 3.63. The van der Waals surface area contributed by atoms with Crippen molar-refractivity contribution in [2.45, 2.75) is 78.6 Å². The molecule has 0 aromatic heterocycles. The van der Waals surface area contributed by atoms with Gasteiger partial charge < -0.3 is 10.6 Å². The molecule has 1 aliphatic heterocycles. The van der Waals surface area contributed by atoms with Gasteiger partial charge in [-0.3, -0.25) is 0 Å². The summed E-state index contributed by atoms with van der Waals surface area (Å²) in [6, 6.07) is 19.1. The monoisotopic (exact) mass is 410 g/mol. The summed E-state index contributed by atoms with van der Waals surface area (Å²) in [5.41, 5.74) is 4.68. The van der Waals surface area contributed by atoms with Gasteiger partial charge in [-0.2, -0.15) is 0 Å². The van der Waals surface area contributed by atoms with Crippen LogP contribution in [0.5, 0.6) is 0 Å². The fraction of sp³-hybridized carbons (Fsp3) is 0.571. The van der Waals surface area contributed by atoms with Crippen LogP contribution in [0, 0.1) is 5.92 Å². The van der Waals surface area contributed by atoms with Crippen LogP contribution in [0.15, 0.2) is 54.6 Å². The molecule has 0 saturated carbocycles. The highest BCUT2D eigenvalue weighted by molar-refractivity contribution is 5.55.